The maximum atomic E-state index is 10.6. The average molecular weight is 240 g/mol. The Labute approximate surface area is 98.7 Å². The third-order valence-corrected chi connectivity index (χ3v) is 3.82. The molecule has 0 unspecified atom stereocenters. The van der Waals surface area contributed by atoms with Crippen molar-refractivity contribution in [2.75, 3.05) is 6.54 Å². The van der Waals surface area contributed by atoms with Crippen molar-refractivity contribution in [2.24, 2.45) is 0 Å². The quantitative estimate of drug-likeness (QED) is 0.788. The fourth-order valence-corrected chi connectivity index (χ4v) is 2.63. The van der Waals surface area contributed by atoms with Crippen LogP contribution in [0.15, 0.2) is 0 Å². The highest BCUT2D eigenvalue weighted by molar-refractivity contribution is 7.11. The number of carbonyl (C=O) groups is 1. The number of hydrogen-bond acceptors (Lipinski definition) is 4. The molecule has 88 valence electrons. The Morgan fingerprint density at radius 3 is 3.00 bits per heavy atom. The molecule has 2 N–H and O–H groups in total. The highest BCUT2D eigenvalue weighted by atomic mass is 32.1. The highest BCUT2D eigenvalue weighted by Crippen LogP contribution is 2.20. The Balaban J connectivity index is 1.85. The predicted molar refractivity (Wildman–Crippen MR) is 62.9 cm³/mol. The van der Waals surface area contributed by atoms with Gasteiger partial charge in [-0.05, 0) is 19.8 Å². The van der Waals surface area contributed by atoms with Crippen LogP contribution in [0.2, 0.25) is 0 Å². The fraction of sp³-hybridized carbons (Fsp3) is 0.636. The van der Waals surface area contributed by atoms with Crippen LogP contribution >= 0.6 is 11.3 Å². The van der Waals surface area contributed by atoms with Crippen LogP contribution in [-0.4, -0.2) is 28.6 Å². The van der Waals surface area contributed by atoms with Gasteiger partial charge in [0.2, 0.25) is 0 Å². The lowest BCUT2D eigenvalue weighted by Gasteiger charge is -1.98. The van der Waals surface area contributed by atoms with Gasteiger partial charge in [0.15, 0.2) is 0 Å². The summed E-state index contributed by atoms with van der Waals surface area (Å²) in [4.78, 5) is 15.9. The van der Waals surface area contributed by atoms with E-state index in [1.54, 1.807) is 0 Å². The fourth-order valence-electron chi connectivity index (χ4n) is 1.57. The molecule has 1 aromatic heterocycles. The molecule has 1 heterocycles. The number of carboxylic acid groups (broad SMARTS) is 1. The molecule has 0 radical (unpaired) electrons. The molecule has 0 aromatic carbocycles. The normalized spacial score (nSPS) is 15.3. The monoisotopic (exact) mass is 240 g/mol. The third-order valence-electron chi connectivity index (χ3n) is 2.60. The lowest BCUT2D eigenvalue weighted by molar-refractivity contribution is -0.136. The van der Waals surface area contributed by atoms with Crippen molar-refractivity contribution in [2.45, 2.75) is 38.6 Å². The van der Waals surface area contributed by atoms with Crippen LogP contribution in [0, 0.1) is 6.92 Å². The van der Waals surface area contributed by atoms with Crippen LogP contribution in [0.5, 0.6) is 0 Å². The minimum atomic E-state index is -0.783. The standard InChI is InChI=1S/C11H16N2O2S/c1-7-9(6-11(14)15)16-10(13-7)4-5-12-8-2-3-8/h8,12H,2-6H2,1H3,(H,14,15). The number of aryl methyl sites for hydroxylation is 1. The van der Waals surface area contributed by atoms with Gasteiger partial charge in [-0.2, -0.15) is 0 Å². The Kier molecular flexibility index (Phi) is 3.56. The van der Waals surface area contributed by atoms with Gasteiger partial charge in [-0.3, -0.25) is 4.79 Å². The Bertz CT molecular complexity index is 385. The molecule has 5 heteroatoms. The van der Waals surface area contributed by atoms with Gasteiger partial charge in [-0.1, -0.05) is 0 Å². The Hall–Kier alpha value is -0.940. The van der Waals surface area contributed by atoms with Crippen LogP contribution in [-0.2, 0) is 17.6 Å². The first-order chi connectivity index (χ1) is 7.65. The first kappa shape index (κ1) is 11.5. The number of rotatable bonds is 6. The van der Waals surface area contributed by atoms with Crippen LogP contribution in [0.25, 0.3) is 0 Å². The molecule has 0 aliphatic heterocycles. The lowest BCUT2D eigenvalue weighted by atomic mass is 10.3. The molecular weight excluding hydrogens is 224 g/mol. The SMILES string of the molecule is Cc1nc(CCNC2CC2)sc1CC(=O)O. The maximum Gasteiger partial charge on any atom is 0.308 e. The predicted octanol–water partition coefficient (Wildman–Crippen LogP) is 1.37. The highest BCUT2D eigenvalue weighted by Gasteiger charge is 2.20. The summed E-state index contributed by atoms with van der Waals surface area (Å²) in [6, 6.07) is 0.722. The van der Waals surface area contributed by atoms with E-state index in [0.29, 0.717) is 0 Å². The molecule has 1 aliphatic carbocycles. The molecule has 2 rings (SSSR count). The summed E-state index contributed by atoms with van der Waals surface area (Å²) >= 11 is 1.53. The Morgan fingerprint density at radius 2 is 2.38 bits per heavy atom. The van der Waals surface area contributed by atoms with Gasteiger partial charge in [0, 0.05) is 23.9 Å². The summed E-state index contributed by atoms with van der Waals surface area (Å²) in [5.74, 6) is -0.783. The van der Waals surface area contributed by atoms with Gasteiger partial charge in [-0.25, -0.2) is 4.98 Å². The number of aliphatic carboxylic acids is 1. The number of carboxylic acids is 1. The van der Waals surface area contributed by atoms with E-state index in [1.807, 2.05) is 6.92 Å². The van der Waals surface area contributed by atoms with Crippen molar-refractivity contribution in [3.63, 3.8) is 0 Å². The van der Waals surface area contributed by atoms with Crippen molar-refractivity contribution in [1.82, 2.24) is 10.3 Å². The van der Waals surface area contributed by atoms with Gasteiger partial charge in [0.05, 0.1) is 17.1 Å². The molecule has 1 fully saturated rings. The summed E-state index contributed by atoms with van der Waals surface area (Å²) in [5.41, 5.74) is 0.869. The van der Waals surface area contributed by atoms with Crippen molar-refractivity contribution in [3.05, 3.63) is 15.6 Å². The molecule has 0 atom stereocenters. The Morgan fingerprint density at radius 1 is 1.62 bits per heavy atom. The molecular formula is C11H16N2O2S. The van der Waals surface area contributed by atoms with E-state index >= 15 is 0 Å². The first-order valence-corrected chi connectivity index (χ1v) is 6.37. The molecule has 1 aliphatic rings. The zero-order valence-corrected chi connectivity index (χ0v) is 10.1. The van der Waals surface area contributed by atoms with E-state index in [-0.39, 0.29) is 6.42 Å². The average Bonchev–Trinajstić information content (AvgIpc) is 2.94. The molecule has 1 saturated carbocycles. The maximum absolute atomic E-state index is 10.6. The van der Waals surface area contributed by atoms with Gasteiger partial charge >= 0.3 is 5.97 Å². The van der Waals surface area contributed by atoms with E-state index in [4.69, 9.17) is 5.11 Å². The first-order valence-electron chi connectivity index (χ1n) is 5.55. The van der Waals surface area contributed by atoms with Crippen LogP contribution in [0.3, 0.4) is 0 Å². The van der Waals surface area contributed by atoms with E-state index in [2.05, 4.69) is 10.3 Å². The summed E-state index contributed by atoms with van der Waals surface area (Å²) in [5, 5.41) is 13.2. The lowest BCUT2D eigenvalue weighted by Crippen LogP contribution is -2.19. The van der Waals surface area contributed by atoms with E-state index < -0.39 is 5.97 Å². The number of hydrogen-bond donors (Lipinski definition) is 2. The van der Waals surface area contributed by atoms with Crippen LogP contribution in [0.4, 0.5) is 0 Å². The largest absolute Gasteiger partial charge is 0.481 e. The second kappa shape index (κ2) is 4.93. The van der Waals surface area contributed by atoms with Crippen LogP contribution in [0.1, 0.15) is 28.4 Å². The van der Waals surface area contributed by atoms with Gasteiger partial charge in [-0.15, -0.1) is 11.3 Å². The molecule has 0 spiro atoms. The summed E-state index contributed by atoms with van der Waals surface area (Å²) < 4.78 is 0. The van der Waals surface area contributed by atoms with Gasteiger partial charge < -0.3 is 10.4 Å². The summed E-state index contributed by atoms with van der Waals surface area (Å²) in [7, 11) is 0. The zero-order chi connectivity index (χ0) is 11.5. The second-order valence-corrected chi connectivity index (χ2v) is 5.33. The van der Waals surface area contributed by atoms with E-state index in [1.165, 1.54) is 24.2 Å². The molecule has 0 amide bonds. The summed E-state index contributed by atoms with van der Waals surface area (Å²) in [6.07, 6.45) is 3.59. The molecule has 1 aromatic rings. The van der Waals surface area contributed by atoms with Crippen molar-refractivity contribution in [3.8, 4) is 0 Å². The number of thiazole rings is 1. The minimum absolute atomic E-state index is 0.0968. The van der Waals surface area contributed by atoms with Crippen molar-refractivity contribution < 1.29 is 9.90 Å². The van der Waals surface area contributed by atoms with Crippen molar-refractivity contribution in [1.29, 1.82) is 0 Å². The summed E-state index contributed by atoms with van der Waals surface area (Å²) in [6.45, 7) is 2.83. The van der Waals surface area contributed by atoms with E-state index in [9.17, 15) is 4.79 Å². The number of aromatic nitrogens is 1. The topological polar surface area (TPSA) is 62.2 Å². The molecule has 0 bridgehead atoms. The number of nitrogens with one attached hydrogen (secondary N) is 1. The van der Waals surface area contributed by atoms with Gasteiger partial charge in [0.1, 0.15) is 0 Å². The van der Waals surface area contributed by atoms with Gasteiger partial charge in [0.25, 0.3) is 0 Å². The molecule has 4 nitrogen and oxygen atoms in total. The third kappa shape index (κ3) is 3.28. The van der Waals surface area contributed by atoms with Crippen LogP contribution < -0.4 is 5.32 Å². The smallest absolute Gasteiger partial charge is 0.308 e. The number of nitrogens with zero attached hydrogens (tertiary/aromatic N) is 1. The van der Waals surface area contributed by atoms with E-state index in [0.717, 1.165) is 34.6 Å². The second-order valence-electron chi connectivity index (χ2n) is 4.17. The molecule has 16 heavy (non-hydrogen) atoms. The molecule has 0 saturated heterocycles. The minimum Gasteiger partial charge on any atom is -0.481 e. The zero-order valence-electron chi connectivity index (χ0n) is 9.32. The van der Waals surface area contributed by atoms with Crippen molar-refractivity contribution >= 4 is 17.3 Å².